The van der Waals surface area contributed by atoms with E-state index in [0.717, 1.165) is 18.8 Å². The third kappa shape index (κ3) is 5.17. The van der Waals surface area contributed by atoms with Crippen molar-refractivity contribution in [1.29, 1.82) is 0 Å². The van der Waals surface area contributed by atoms with Crippen LogP contribution in [0, 0.1) is 0 Å². The Morgan fingerprint density at radius 1 is 1.25 bits per heavy atom. The van der Waals surface area contributed by atoms with Crippen LogP contribution in [0.3, 0.4) is 0 Å². The van der Waals surface area contributed by atoms with E-state index in [1.54, 1.807) is 10.8 Å². The summed E-state index contributed by atoms with van der Waals surface area (Å²) in [5.74, 6) is 1.02. The summed E-state index contributed by atoms with van der Waals surface area (Å²) in [5, 5.41) is 0.633. The summed E-state index contributed by atoms with van der Waals surface area (Å²) in [4.78, 5) is 1.23. The SMILES string of the molecule is CCCCOc1ccccc1SSC(C)C. The Balaban J connectivity index is 2.53. The number of hydrogen-bond donors (Lipinski definition) is 0. The first-order valence-corrected chi connectivity index (χ1v) is 8.00. The molecule has 0 bridgehead atoms. The van der Waals surface area contributed by atoms with E-state index >= 15 is 0 Å². The zero-order valence-electron chi connectivity index (χ0n) is 10.2. The second kappa shape index (κ2) is 7.91. The Bertz CT molecular complexity index is 300. The summed E-state index contributed by atoms with van der Waals surface area (Å²) < 4.78 is 5.78. The zero-order chi connectivity index (χ0) is 11.8. The topological polar surface area (TPSA) is 9.23 Å². The lowest BCUT2D eigenvalue weighted by Crippen LogP contribution is -1.97. The molecule has 0 radical (unpaired) electrons. The molecule has 0 spiro atoms. The molecule has 0 atom stereocenters. The van der Waals surface area contributed by atoms with E-state index in [1.807, 2.05) is 16.9 Å². The molecular formula is C13H20OS2. The quantitative estimate of drug-likeness (QED) is 0.501. The second-order valence-corrected chi connectivity index (χ2v) is 6.70. The predicted molar refractivity (Wildman–Crippen MR) is 75.4 cm³/mol. The van der Waals surface area contributed by atoms with E-state index in [1.165, 1.54) is 11.3 Å². The van der Waals surface area contributed by atoms with Crippen molar-refractivity contribution in [2.75, 3.05) is 6.61 Å². The molecule has 3 heteroatoms. The number of para-hydroxylation sites is 1. The highest BCUT2D eigenvalue weighted by Crippen LogP contribution is 2.39. The van der Waals surface area contributed by atoms with E-state index in [9.17, 15) is 0 Å². The van der Waals surface area contributed by atoms with Gasteiger partial charge in [0.25, 0.3) is 0 Å². The molecule has 0 N–H and O–H groups in total. The minimum atomic E-state index is 0.633. The summed E-state index contributed by atoms with van der Waals surface area (Å²) in [7, 11) is 3.68. The maximum Gasteiger partial charge on any atom is 0.133 e. The van der Waals surface area contributed by atoms with Gasteiger partial charge in [-0.1, -0.05) is 60.9 Å². The van der Waals surface area contributed by atoms with Crippen LogP contribution in [0.1, 0.15) is 33.6 Å². The minimum Gasteiger partial charge on any atom is -0.492 e. The van der Waals surface area contributed by atoms with Gasteiger partial charge >= 0.3 is 0 Å². The maximum absolute atomic E-state index is 5.78. The van der Waals surface area contributed by atoms with E-state index in [4.69, 9.17) is 4.74 Å². The molecule has 1 rings (SSSR count). The summed E-state index contributed by atoms with van der Waals surface area (Å²) in [6.45, 7) is 7.41. The van der Waals surface area contributed by atoms with Crippen molar-refractivity contribution < 1.29 is 4.74 Å². The maximum atomic E-state index is 5.78. The first-order chi connectivity index (χ1) is 7.74. The van der Waals surface area contributed by atoms with Gasteiger partial charge in [-0.25, -0.2) is 0 Å². The monoisotopic (exact) mass is 256 g/mol. The van der Waals surface area contributed by atoms with Crippen molar-refractivity contribution in [3.63, 3.8) is 0 Å². The molecule has 90 valence electrons. The van der Waals surface area contributed by atoms with Crippen molar-refractivity contribution in [2.45, 2.75) is 43.8 Å². The highest BCUT2D eigenvalue weighted by Gasteiger charge is 2.05. The molecule has 0 aliphatic carbocycles. The van der Waals surface area contributed by atoms with Crippen LogP contribution in [0.15, 0.2) is 29.2 Å². The Morgan fingerprint density at radius 2 is 2.00 bits per heavy atom. The van der Waals surface area contributed by atoms with Gasteiger partial charge < -0.3 is 4.74 Å². The smallest absolute Gasteiger partial charge is 0.133 e. The standard InChI is InChI=1S/C13H20OS2/c1-4-5-10-14-12-8-6-7-9-13(12)16-15-11(2)3/h6-9,11H,4-5,10H2,1-3H3. The molecule has 0 saturated heterocycles. The van der Waals surface area contributed by atoms with Crippen LogP contribution in [0.4, 0.5) is 0 Å². The van der Waals surface area contributed by atoms with Crippen molar-refractivity contribution in [1.82, 2.24) is 0 Å². The highest BCUT2D eigenvalue weighted by atomic mass is 33.1. The summed E-state index contributed by atoms with van der Waals surface area (Å²) in [6.07, 6.45) is 2.30. The molecule has 0 fully saturated rings. The predicted octanol–water partition coefficient (Wildman–Crippen LogP) is 5.01. The van der Waals surface area contributed by atoms with Gasteiger partial charge in [0.1, 0.15) is 5.75 Å². The van der Waals surface area contributed by atoms with Crippen LogP contribution >= 0.6 is 21.6 Å². The van der Waals surface area contributed by atoms with Gasteiger partial charge in [-0.05, 0) is 18.6 Å². The molecule has 0 aliphatic rings. The molecule has 0 saturated carbocycles. The molecule has 1 aromatic rings. The van der Waals surface area contributed by atoms with Crippen LogP contribution in [0.5, 0.6) is 5.75 Å². The lowest BCUT2D eigenvalue weighted by atomic mass is 10.3. The normalized spacial score (nSPS) is 10.8. The Labute approximate surface area is 107 Å². The number of rotatable bonds is 7. The minimum absolute atomic E-state index is 0.633. The highest BCUT2D eigenvalue weighted by molar-refractivity contribution is 8.77. The van der Waals surface area contributed by atoms with Crippen molar-refractivity contribution >= 4 is 21.6 Å². The van der Waals surface area contributed by atoms with Crippen molar-refractivity contribution in [3.05, 3.63) is 24.3 Å². The molecular weight excluding hydrogens is 236 g/mol. The Hall–Kier alpha value is -0.280. The van der Waals surface area contributed by atoms with Crippen LogP contribution in [0.25, 0.3) is 0 Å². The first kappa shape index (κ1) is 13.8. The molecule has 16 heavy (non-hydrogen) atoms. The van der Waals surface area contributed by atoms with E-state index in [2.05, 4.69) is 39.0 Å². The fraction of sp³-hybridized carbons (Fsp3) is 0.538. The molecule has 0 aliphatic heterocycles. The van der Waals surface area contributed by atoms with Gasteiger partial charge in [-0.3, -0.25) is 0 Å². The van der Waals surface area contributed by atoms with Crippen LogP contribution < -0.4 is 4.74 Å². The third-order valence-corrected chi connectivity index (χ3v) is 4.91. The van der Waals surface area contributed by atoms with Crippen molar-refractivity contribution in [2.24, 2.45) is 0 Å². The van der Waals surface area contributed by atoms with Gasteiger partial charge in [-0.2, -0.15) is 0 Å². The molecule has 1 nitrogen and oxygen atoms in total. The fourth-order valence-corrected chi connectivity index (χ4v) is 3.05. The Morgan fingerprint density at radius 3 is 2.69 bits per heavy atom. The number of benzene rings is 1. The van der Waals surface area contributed by atoms with E-state index < -0.39 is 0 Å². The van der Waals surface area contributed by atoms with Gasteiger partial charge in [0.05, 0.1) is 11.5 Å². The largest absolute Gasteiger partial charge is 0.492 e. The van der Waals surface area contributed by atoms with Gasteiger partial charge in [-0.15, -0.1) is 0 Å². The van der Waals surface area contributed by atoms with E-state index in [0.29, 0.717) is 5.25 Å². The number of unbranched alkanes of at least 4 members (excludes halogenated alkanes) is 1. The van der Waals surface area contributed by atoms with Gasteiger partial charge in [0, 0.05) is 5.25 Å². The number of ether oxygens (including phenoxy) is 1. The fourth-order valence-electron chi connectivity index (χ4n) is 1.11. The lowest BCUT2D eigenvalue weighted by Gasteiger charge is -2.11. The molecule has 1 aromatic carbocycles. The van der Waals surface area contributed by atoms with Crippen molar-refractivity contribution in [3.8, 4) is 5.75 Å². The lowest BCUT2D eigenvalue weighted by molar-refractivity contribution is 0.302. The molecule has 0 aromatic heterocycles. The van der Waals surface area contributed by atoms with Gasteiger partial charge in [0.2, 0.25) is 0 Å². The van der Waals surface area contributed by atoms with E-state index in [-0.39, 0.29) is 0 Å². The number of hydrogen-bond acceptors (Lipinski definition) is 3. The molecule has 0 unspecified atom stereocenters. The first-order valence-electron chi connectivity index (χ1n) is 5.79. The Kier molecular flexibility index (Phi) is 6.81. The third-order valence-electron chi connectivity index (χ3n) is 1.93. The van der Waals surface area contributed by atoms with Crippen LogP contribution in [-0.2, 0) is 0 Å². The average molecular weight is 256 g/mol. The summed E-state index contributed by atoms with van der Waals surface area (Å²) >= 11 is 0. The molecule has 0 amide bonds. The molecule has 0 heterocycles. The zero-order valence-corrected chi connectivity index (χ0v) is 11.9. The van der Waals surface area contributed by atoms with Crippen LogP contribution in [-0.4, -0.2) is 11.9 Å². The summed E-state index contributed by atoms with van der Waals surface area (Å²) in [6, 6.07) is 8.28. The van der Waals surface area contributed by atoms with Gasteiger partial charge in [0.15, 0.2) is 0 Å². The summed E-state index contributed by atoms with van der Waals surface area (Å²) in [5.41, 5.74) is 0. The van der Waals surface area contributed by atoms with Crippen LogP contribution in [0.2, 0.25) is 0 Å². The average Bonchev–Trinajstić information content (AvgIpc) is 2.28. The second-order valence-electron chi connectivity index (χ2n) is 3.88.